The highest BCUT2D eigenvalue weighted by atomic mass is 16.6. The molecule has 2 aromatic rings. The van der Waals surface area contributed by atoms with E-state index in [0.29, 0.717) is 17.8 Å². The monoisotopic (exact) mass is 244 g/mol. The molecule has 0 unspecified atom stereocenters. The van der Waals surface area contributed by atoms with E-state index in [1.807, 2.05) is 0 Å². The number of benzene rings is 1. The van der Waals surface area contributed by atoms with Crippen molar-refractivity contribution in [1.29, 1.82) is 0 Å². The van der Waals surface area contributed by atoms with Crippen molar-refractivity contribution < 1.29 is 4.92 Å². The first-order valence-corrected chi connectivity index (χ1v) is 5.41. The molecule has 0 radical (unpaired) electrons. The zero-order valence-electron chi connectivity index (χ0n) is 9.83. The lowest BCUT2D eigenvalue weighted by Crippen LogP contribution is -2.05. The van der Waals surface area contributed by atoms with E-state index in [1.54, 1.807) is 37.4 Å². The lowest BCUT2D eigenvalue weighted by Gasteiger charge is -2.07. The van der Waals surface area contributed by atoms with E-state index in [2.05, 4.69) is 15.3 Å². The van der Waals surface area contributed by atoms with Gasteiger partial charge in [-0.15, -0.1) is 0 Å². The summed E-state index contributed by atoms with van der Waals surface area (Å²) in [6.07, 6.45) is 3.08. The summed E-state index contributed by atoms with van der Waals surface area (Å²) < 4.78 is 0. The van der Waals surface area contributed by atoms with Crippen LogP contribution in [-0.4, -0.2) is 14.9 Å². The van der Waals surface area contributed by atoms with Gasteiger partial charge in [0.2, 0.25) is 0 Å². The van der Waals surface area contributed by atoms with Crippen LogP contribution in [0.25, 0.3) is 0 Å². The minimum atomic E-state index is -0.377. The van der Waals surface area contributed by atoms with Crippen LogP contribution in [0, 0.1) is 17.0 Å². The fourth-order valence-corrected chi connectivity index (χ4v) is 1.65. The molecule has 0 fully saturated rings. The van der Waals surface area contributed by atoms with Crippen LogP contribution in [0.5, 0.6) is 0 Å². The maximum absolute atomic E-state index is 11.0. The van der Waals surface area contributed by atoms with Crippen molar-refractivity contribution in [2.24, 2.45) is 0 Å². The normalized spacial score (nSPS) is 10.1. The molecule has 92 valence electrons. The number of nitrogens with zero attached hydrogens (tertiary/aromatic N) is 3. The Kier molecular flexibility index (Phi) is 3.47. The van der Waals surface area contributed by atoms with Crippen LogP contribution in [0.1, 0.15) is 11.3 Å². The molecule has 0 saturated carbocycles. The Hall–Kier alpha value is -2.50. The van der Waals surface area contributed by atoms with E-state index in [9.17, 15) is 10.1 Å². The zero-order chi connectivity index (χ0) is 13.0. The van der Waals surface area contributed by atoms with Gasteiger partial charge >= 0.3 is 0 Å². The maximum Gasteiger partial charge on any atom is 0.295 e. The van der Waals surface area contributed by atoms with Gasteiger partial charge in [0.05, 0.1) is 17.2 Å². The summed E-state index contributed by atoms with van der Waals surface area (Å²) in [5, 5.41) is 14.0. The number of hydrogen-bond acceptors (Lipinski definition) is 5. The number of hydrogen-bond donors (Lipinski definition) is 1. The third-order valence-electron chi connectivity index (χ3n) is 2.52. The number of nitrogens with one attached hydrogen (secondary N) is 1. The van der Waals surface area contributed by atoms with Crippen molar-refractivity contribution in [1.82, 2.24) is 9.97 Å². The van der Waals surface area contributed by atoms with Crippen molar-refractivity contribution in [3.05, 3.63) is 58.2 Å². The van der Waals surface area contributed by atoms with E-state index in [4.69, 9.17) is 0 Å². The van der Waals surface area contributed by atoms with E-state index in [0.717, 1.165) is 5.69 Å². The fourth-order valence-electron chi connectivity index (χ4n) is 1.65. The molecular weight excluding hydrogens is 232 g/mol. The van der Waals surface area contributed by atoms with Gasteiger partial charge in [0.15, 0.2) is 0 Å². The van der Waals surface area contributed by atoms with Crippen LogP contribution < -0.4 is 5.32 Å². The molecule has 1 heterocycles. The Morgan fingerprint density at radius 3 is 2.89 bits per heavy atom. The average molecular weight is 244 g/mol. The molecule has 1 aromatic carbocycles. The second kappa shape index (κ2) is 5.22. The summed E-state index contributed by atoms with van der Waals surface area (Å²) in [7, 11) is 0. The van der Waals surface area contributed by atoms with Crippen LogP contribution >= 0.6 is 0 Å². The van der Waals surface area contributed by atoms with Crippen LogP contribution in [0.2, 0.25) is 0 Å². The second-order valence-corrected chi connectivity index (χ2v) is 3.78. The molecular formula is C12H12N4O2. The first-order chi connectivity index (χ1) is 8.68. The minimum Gasteiger partial charge on any atom is -0.374 e. The van der Waals surface area contributed by atoms with Crippen molar-refractivity contribution in [2.45, 2.75) is 13.5 Å². The lowest BCUT2D eigenvalue weighted by atomic mass is 10.1. The summed E-state index contributed by atoms with van der Waals surface area (Å²) >= 11 is 0. The topological polar surface area (TPSA) is 81.0 Å². The molecule has 1 aromatic heterocycles. The first-order valence-electron chi connectivity index (χ1n) is 5.41. The first kappa shape index (κ1) is 12.0. The number of nitro groups is 1. The maximum atomic E-state index is 11.0. The molecule has 6 nitrogen and oxygen atoms in total. The highest BCUT2D eigenvalue weighted by Crippen LogP contribution is 2.27. The van der Waals surface area contributed by atoms with E-state index in [-0.39, 0.29) is 10.6 Å². The molecule has 1 N–H and O–H groups in total. The summed E-state index contributed by atoms with van der Waals surface area (Å²) in [5.74, 6) is 0. The van der Waals surface area contributed by atoms with Crippen molar-refractivity contribution in [3.8, 4) is 0 Å². The molecule has 0 aliphatic heterocycles. The Bertz CT molecular complexity index is 557. The average Bonchev–Trinajstić information content (AvgIpc) is 2.37. The number of anilines is 1. The van der Waals surface area contributed by atoms with Crippen molar-refractivity contribution >= 4 is 11.4 Å². The highest BCUT2D eigenvalue weighted by molar-refractivity contribution is 5.64. The van der Waals surface area contributed by atoms with Crippen LogP contribution in [0.15, 0.2) is 36.8 Å². The summed E-state index contributed by atoms with van der Waals surface area (Å²) in [4.78, 5) is 18.5. The quantitative estimate of drug-likeness (QED) is 0.659. The second-order valence-electron chi connectivity index (χ2n) is 3.78. The van der Waals surface area contributed by atoms with Gasteiger partial charge in [0.1, 0.15) is 12.0 Å². The number of nitro benzene ring substituents is 1. The molecule has 0 atom stereocenters. The highest BCUT2D eigenvalue weighted by Gasteiger charge is 2.16. The Labute approximate surface area is 104 Å². The largest absolute Gasteiger partial charge is 0.374 e. The van der Waals surface area contributed by atoms with Crippen molar-refractivity contribution in [3.63, 3.8) is 0 Å². The molecule has 18 heavy (non-hydrogen) atoms. The van der Waals surface area contributed by atoms with E-state index < -0.39 is 0 Å². The van der Waals surface area contributed by atoms with Gasteiger partial charge in [-0.05, 0) is 19.1 Å². The third-order valence-corrected chi connectivity index (χ3v) is 2.52. The van der Waals surface area contributed by atoms with Gasteiger partial charge in [-0.2, -0.15) is 0 Å². The smallest absolute Gasteiger partial charge is 0.295 e. The fraction of sp³-hybridized carbons (Fsp3) is 0.167. The zero-order valence-corrected chi connectivity index (χ0v) is 9.83. The SMILES string of the molecule is Cc1cccc(NCc2ccncn2)c1[N+](=O)[O-]. The van der Waals surface area contributed by atoms with Gasteiger partial charge in [-0.3, -0.25) is 10.1 Å². The standard InChI is InChI=1S/C12H12N4O2/c1-9-3-2-4-11(12(9)16(17)18)14-7-10-5-6-13-8-15-10/h2-6,8,14H,7H2,1H3. The van der Waals surface area contributed by atoms with Gasteiger partial charge in [0, 0.05) is 11.8 Å². The molecule has 2 rings (SSSR count). The number of para-hydroxylation sites is 1. The summed E-state index contributed by atoms with van der Waals surface area (Å²) in [6, 6.07) is 6.94. The van der Waals surface area contributed by atoms with Crippen LogP contribution in [0.3, 0.4) is 0 Å². The predicted octanol–water partition coefficient (Wildman–Crippen LogP) is 2.31. The Morgan fingerprint density at radius 2 is 2.22 bits per heavy atom. The molecule has 0 aliphatic rings. The van der Waals surface area contributed by atoms with Crippen LogP contribution in [0.4, 0.5) is 11.4 Å². The summed E-state index contributed by atoms with van der Waals surface area (Å²) in [6.45, 7) is 2.14. The number of aryl methyl sites for hydroxylation is 1. The minimum absolute atomic E-state index is 0.103. The molecule has 0 spiro atoms. The molecule has 6 heteroatoms. The molecule has 0 aliphatic carbocycles. The molecule has 0 saturated heterocycles. The van der Waals surface area contributed by atoms with Gasteiger partial charge in [-0.1, -0.05) is 12.1 Å². The van der Waals surface area contributed by atoms with Gasteiger partial charge in [0.25, 0.3) is 5.69 Å². The Balaban J connectivity index is 2.20. The van der Waals surface area contributed by atoms with Gasteiger partial charge < -0.3 is 5.32 Å². The number of rotatable bonds is 4. The Morgan fingerprint density at radius 1 is 1.39 bits per heavy atom. The van der Waals surface area contributed by atoms with E-state index in [1.165, 1.54) is 6.33 Å². The van der Waals surface area contributed by atoms with Crippen LogP contribution in [-0.2, 0) is 6.54 Å². The number of aromatic nitrogens is 2. The van der Waals surface area contributed by atoms with Crippen molar-refractivity contribution in [2.75, 3.05) is 5.32 Å². The predicted molar refractivity (Wildman–Crippen MR) is 67.2 cm³/mol. The third kappa shape index (κ3) is 2.60. The van der Waals surface area contributed by atoms with E-state index >= 15 is 0 Å². The van der Waals surface area contributed by atoms with Gasteiger partial charge in [-0.25, -0.2) is 9.97 Å². The molecule has 0 bridgehead atoms. The summed E-state index contributed by atoms with van der Waals surface area (Å²) in [5.41, 5.74) is 2.01. The lowest BCUT2D eigenvalue weighted by molar-refractivity contribution is -0.384. The molecule has 0 amide bonds.